The summed E-state index contributed by atoms with van der Waals surface area (Å²) >= 11 is 0. The lowest BCUT2D eigenvalue weighted by atomic mass is 9.99. The molecule has 0 aliphatic heterocycles. The zero-order valence-corrected chi connectivity index (χ0v) is 8.14. The van der Waals surface area contributed by atoms with Gasteiger partial charge in [-0.2, -0.15) is 8.78 Å². The molecule has 0 bridgehead atoms. The van der Waals surface area contributed by atoms with Crippen LogP contribution in [0.2, 0.25) is 0 Å². The number of alkyl halides is 2. The van der Waals surface area contributed by atoms with Crippen molar-refractivity contribution in [1.82, 2.24) is 0 Å². The van der Waals surface area contributed by atoms with Gasteiger partial charge in [0.25, 0.3) is 5.92 Å². The number of aryl methyl sites for hydroxylation is 2. The van der Waals surface area contributed by atoms with E-state index in [0.29, 0.717) is 16.8 Å². The number of hydrogen-bond donors (Lipinski definition) is 2. The molecule has 0 unspecified atom stereocenters. The van der Waals surface area contributed by atoms with E-state index in [2.05, 4.69) is 0 Å². The Balaban J connectivity index is 3.29. The Labute approximate surface area is 81.4 Å². The van der Waals surface area contributed by atoms with Gasteiger partial charge in [-0.1, -0.05) is 0 Å². The molecule has 0 heterocycles. The van der Waals surface area contributed by atoms with E-state index in [1.54, 1.807) is 13.8 Å². The van der Waals surface area contributed by atoms with Crippen LogP contribution in [0.15, 0.2) is 12.1 Å². The summed E-state index contributed by atoms with van der Waals surface area (Å²) in [5.74, 6) is -3.19. The number of benzene rings is 1. The molecular weight excluding hydrogens is 188 g/mol. The molecule has 0 fully saturated rings. The van der Waals surface area contributed by atoms with Crippen LogP contribution >= 0.6 is 0 Å². The predicted molar refractivity (Wildman–Crippen MR) is 51.3 cm³/mol. The van der Waals surface area contributed by atoms with Crippen molar-refractivity contribution >= 4 is 5.69 Å². The Morgan fingerprint density at radius 2 is 1.86 bits per heavy atom. The molecule has 0 aliphatic rings. The van der Waals surface area contributed by atoms with Crippen molar-refractivity contribution in [2.24, 2.45) is 0 Å². The zero-order valence-electron chi connectivity index (χ0n) is 8.14. The van der Waals surface area contributed by atoms with E-state index < -0.39 is 12.5 Å². The lowest BCUT2D eigenvalue weighted by Crippen LogP contribution is -2.20. The van der Waals surface area contributed by atoms with Gasteiger partial charge in [-0.3, -0.25) is 0 Å². The first kappa shape index (κ1) is 10.9. The van der Waals surface area contributed by atoms with Crippen LogP contribution in [-0.2, 0) is 5.92 Å². The number of halogens is 2. The molecule has 0 saturated carbocycles. The van der Waals surface area contributed by atoms with Crippen molar-refractivity contribution in [2.75, 3.05) is 12.3 Å². The summed E-state index contributed by atoms with van der Waals surface area (Å²) in [5, 5.41) is 8.55. The number of anilines is 1. The lowest BCUT2D eigenvalue weighted by Gasteiger charge is -2.17. The maximum atomic E-state index is 13.2. The minimum atomic E-state index is -3.19. The number of aliphatic hydroxyl groups is 1. The van der Waals surface area contributed by atoms with Gasteiger partial charge in [-0.15, -0.1) is 0 Å². The van der Waals surface area contributed by atoms with E-state index in [1.165, 1.54) is 12.1 Å². The molecule has 2 nitrogen and oxygen atoms in total. The van der Waals surface area contributed by atoms with E-state index in [-0.39, 0.29) is 5.56 Å². The highest BCUT2D eigenvalue weighted by atomic mass is 19.3. The third-order valence-electron chi connectivity index (χ3n) is 2.21. The smallest absolute Gasteiger partial charge is 0.296 e. The van der Waals surface area contributed by atoms with Gasteiger partial charge in [0.1, 0.15) is 6.61 Å². The second-order valence-electron chi connectivity index (χ2n) is 3.39. The van der Waals surface area contributed by atoms with Gasteiger partial charge in [-0.25, -0.2) is 0 Å². The van der Waals surface area contributed by atoms with Gasteiger partial charge in [0.05, 0.1) is 0 Å². The highest BCUT2D eigenvalue weighted by Gasteiger charge is 2.32. The topological polar surface area (TPSA) is 46.2 Å². The molecule has 0 spiro atoms. The van der Waals surface area contributed by atoms with E-state index >= 15 is 0 Å². The van der Waals surface area contributed by atoms with Crippen molar-refractivity contribution in [1.29, 1.82) is 0 Å². The van der Waals surface area contributed by atoms with Crippen molar-refractivity contribution in [2.45, 2.75) is 19.8 Å². The Morgan fingerprint density at radius 3 is 2.36 bits per heavy atom. The highest BCUT2D eigenvalue weighted by Crippen LogP contribution is 2.32. The van der Waals surface area contributed by atoms with Gasteiger partial charge in [0.15, 0.2) is 0 Å². The molecule has 0 atom stereocenters. The normalized spacial score (nSPS) is 11.8. The van der Waals surface area contributed by atoms with Crippen molar-refractivity contribution in [3.05, 3.63) is 28.8 Å². The van der Waals surface area contributed by atoms with Crippen LogP contribution in [0.25, 0.3) is 0 Å². The Morgan fingerprint density at radius 1 is 1.29 bits per heavy atom. The number of hydrogen-bond acceptors (Lipinski definition) is 2. The molecule has 1 aromatic rings. The van der Waals surface area contributed by atoms with Gasteiger partial charge >= 0.3 is 0 Å². The molecule has 0 amide bonds. The van der Waals surface area contributed by atoms with Gasteiger partial charge in [-0.05, 0) is 37.1 Å². The summed E-state index contributed by atoms with van der Waals surface area (Å²) in [6, 6.07) is 2.81. The number of nitrogen functional groups attached to an aromatic ring is 1. The molecular formula is C10H13F2NO. The van der Waals surface area contributed by atoms with Gasteiger partial charge in [0, 0.05) is 11.3 Å². The monoisotopic (exact) mass is 201 g/mol. The molecule has 78 valence electrons. The minimum absolute atomic E-state index is 0.160. The minimum Gasteiger partial charge on any atom is -0.399 e. The van der Waals surface area contributed by atoms with Crippen molar-refractivity contribution < 1.29 is 13.9 Å². The molecule has 4 heteroatoms. The number of aliphatic hydroxyl groups excluding tert-OH is 1. The number of nitrogens with two attached hydrogens (primary N) is 1. The summed E-state index contributed by atoms with van der Waals surface area (Å²) in [6.45, 7) is 2.03. The van der Waals surface area contributed by atoms with Gasteiger partial charge in [0.2, 0.25) is 0 Å². The summed E-state index contributed by atoms with van der Waals surface area (Å²) < 4.78 is 26.3. The fourth-order valence-electron chi connectivity index (χ4n) is 1.32. The SMILES string of the molecule is Cc1cc(C(F)(F)CO)c(C)cc1N. The van der Waals surface area contributed by atoms with E-state index in [4.69, 9.17) is 10.8 Å². The fourth-order valence-corrected chi connectivity index (χ4v) is 1.32. The summed E-state index contributed by atoms with van der Waals surface area (Å²) in [4.78, 5) is 0. The first-order valence-electron chi connectivity index (χ1n) is 4.24. The van der Waals surface area contributed by atoms with Crippen LogP contribution in [0.1, 0.15) is 16.7 Å². The molecule has 0 aliphatic carbocycles. The first-order valence-corrected chi connectivity index (χ1v) is 4.24. The third kappa shape index (κ3) is 1.85. The molecule has 14 heavy (non-hydrogen) atoms. The Bertz CT molecular complexity index is 350. The van der Waals surface area contributed by atoms with Crippen LogP contribution in [0.4, 0.5) is 14.5 Å². The van der Waals surface area contributed by atoms with Gasteiger partial charge < -0.3 is 10.8 Å². The summed E-state index contributed by atoms with van der Waals surface area (Å²) in [5.41, 5.74) is 6.88. The summed E-state index contributed by atoms with van der Waals surface area (Å²) in [7, 11) is 0. The second kappa shape index (κ2) is 3.53. The maximum Gasteiger partial charge on any atom is 0.296 e. The zero-order chi connectivity index (χ0) is 10.9. The Hall–Kier alpha value is -1.16. The average Bonchev–Trinajstić information content (AvgIpc) is 2.11. The molecule has 3 N–H and O–H groups in total. The molecule has 1 aromatic carbocycles. The quantitative estimate of drug-likeness (QED) is 0.718. The number of rotatable bonds is 2. The van der Waals surface area contributed by atoms with E-state index in [0.717, 1.165) is 0 Å². The third-order valence-corrected chi connectivity index (χ3v) is 2.21. The average molecular weight is 201 g/mol. The summed E-state index contributed by atoms with van der Waals surface area (Å²) in [6.07, 6.45) is 0. The molecule has 1 rings (SSSR count). The standard InChI is InChI=1S/C10H13F2NO/c1-6-4-9(13)7(2)3-8(6)10(11,12)5-14/h3-4,14H,5,13H2,1-2H3. The highest BCUT2D eigenvalue weighted by molar-refractivity contribution is 5.52. The first-order chi connectivity index (χ1) is 6.38. The van der Waals surface area contributed by atoms with E-state index in [9.17, 15) is 8.78 Å². The van der Waals surface area contributed by atoms with Crippen LogP contribution in [0.3, 0.4) is 0 Å². The molecule has 0 aromatic heterocycles. The van der Waals surface area contributed by atoms with E-state index in [1.807, 2.05) is 0 Å². The molecule has 0 saturated heterocycles. The van der Waals surface area contributed by atoms with Crippen LogP contribution < -0.4 is 5.73 Å². The predicted octanol–water partition coefficient (Wildman–Crippen LogP) is 1.97. The van der Waals surface area contributed by atoms with Crippen LogP contribution in [0.5, 0.6) is 0 Å². The van der Waals surface area contributed by atoms with Crippen LogP contribution in [0, 0.1) is 13.8 Å². The maximum absolute atomic E-state index is 13.2. The van der Waals surface area contributed by atoms with Crippen LogP contribution in [-0.4, -0.2) is 11.7 Å². The lowest BCUT2D eigenvalue weighted by molar-refractivity contribution is -0.0561. The Kier molecular flexibility index (Phi) is 2.76. The van der Waals surface area contributed by atoms with Crippen molar-refractivity contribution in [3.63, 3.8) is 0 Å². The largest absolute Gasteiger partial charge is 0.399 e. The van der Waals surface area contributed by atoms with Crippen molar-refractivity contribution in [3.8, 4) is 0 Å². The molecule has 0 radical (unpaired) electrons. The second-order valence-corrected chi connectivity index (χ2v) is 3.39. The fraction of sp³-hybridized carbons (Fsp3) is 0.400.